The second-order valence-corrected chi connectivity index (χ2v) is 8.42. The highest BCUT2D eigenvalue weighted by Crippen LogP contribution is 2.35. The van der Waals surface area contributed by atoms with E-state index in [9.17, 15) is 18.0 Å². The largest absolute Gasteiger partial charge is 0.490 e. The lowest BCUT2D eigenvalue weighted by atomic mass is 9.89. The lowest BCUT2D eigenvalue weighted by molar-refractivity contribution is -0.192. The lowest BCUT2D eigenvalue weighted by Gasteiger charge is -2.17. The highest BCUT2D eigenvalue weighted by atomic mass is 19.4. The Morgan fingerprint density at radius 1 is 1.26 bits per heavy atom. The maximum atomic E-state index is 12.2. The fraction of sp³-hybridized carbons (Fsp3) is 0.429. The van der Waals surface area contributed by atoms with Gasteiger partial charge in [0, 0.05) is 23.9 Å². The van der Waals surface area contributed by atoms with Gasteiger partial charge >= 0.3 is 12.1 Å². The van der Waals surface area contributed by atoms with Crippen molar-refractivity contribution in [3.05, 3.63) is 40.9 Å². The van der Waals surface area contributed by atoms with E-state index in [0.717, 1.165) is 47.6 Å². The molecule has 2 aromatic heterocycles. The fourth-order valence-corrected chi connectivity index (χ4v) is 3.33. The molecule has 1 aliphatic heterocycles. The van der Waals surface area contributed by atoms with E-state index in [1.54, 1.807) is 0 Å². The number of amides is 1. The van der Waals surface area contributed by atoms with Crippen LogP contribution in [0.15, 0.2) is 18.3 Å². The number of allylic oxidation sites excluding steroid dienone is 1. The number of carboxylic acids is 1. The minimum Gasteiger partial charge on any atom is -0.475 e. The Hall–Kier alpha value is -3.17. The molecule has 3 heterocycles. The Labute approximate surface area is 177 Å². The van der Waals surface area contributed by atoms with E-state index in [0.29, 0.717) is 6.54 Å². The zero-order valence-corrected chi connectivity index (χ0v) is 17.4. The van der Waals surface area contributed by atoms with E-state index >= 15 is 0 Å². The molecule has 0 spiro atoms. The number of nitrogens with zero attached hydrogens (tertiary/aromatic N) is 3. The Kier molecular flexibility index (Phi) is 5.93. The number of aryl methyl sites for hydroxylation is 1. The average Bonchev–Trinajstić information content (AvgIpc) is 3.06. The number of hydrogen-bond donors (Lipinski definition) is 2. The van der Waals surface area contributed by atoms with Crippen LogP contribution >= 0.6 is 0 Å². The van der Waals surface area contributed by atoms with Gasteiger partial charge in [0.2, 0.25) is 0 Å². The number of nitrogens with one attached hydrogen (secondary N) is 1. The summed E-state index contributed by atoms with van der Waals surface area (Å²) in [6.45, 7) is 7.90. The zero-order chi connectivity index (χ0) is 23.0. The van der Waals surface area contributed by atoms with Crippen molar-refractivity contribution < 1.29 is 27.9 Å². The number of hydrogen-bond acceptors (Lipinski definition) is 4. The summed E-state index contributed by atoms with van der Waals surface area (Å²) in [6, 6.07) is 2.10. The monoisotopic (exact) mass is 436 g/mol. The molecule has 166 valence electrons. The molecule has 2 N–H and O–H groups in total. The standard InChI is InChI=1S/C19H22N4O.C2HF3O2/c1-19(2,3)7-6-13-10-15-12(11-21-13)4-5-14-16(15)22-23-9-8-20-18(24)17(14)23;3-2(4,5)1(6)7/h6-7,10-11H,4-5,8-9H2,1-3H3,(H,20,24);(H,6,7)/b7-6+;. The summed E-state index contributed by atoms with van der Waals surface area (Å²) in [5.74, 6) is -2.76. The number of pyridine rings is 1. The second-order valence-electron chi connectivity index (χ2n) is 8.42. The maximum absolute atomic E-state index is 12.2. The fourth-order valence-electron chi connectivity index (χ4n) is 3.33. The van der Waals surface area contributed by atoms with Gasteiger partial charge in [-0.2, -0.15) is 18.3 Å². The van der Waals surface area contributed by atoms with Crippen molar-refractivity contribution in [3.63, 3.8) is 0 Å². The van der Waals surface area contributed by atoms with Crippen molar-refractivity contribution in [1.82, 2.24) is 20.1 Å². The third kappa shape index (κ3) is 5.12. The molecule has 1 amide bonds. The molecule has 2 aromatic rings. The van der Waals surface area contributed by atoms with Gasteiger partial charge in [-0.3, -0.25) is 14.5 Å². The summed E-state index contributed by atoms with van der Waals surface area (Å²) in [5, 5.41) is 14.8. The van der Waals surface area contributed by atoms with Crippen LogP contribution in [0.4, 0.5) is 13.2 Å². The molecule has 0 radical (unpaired) electrons. The first kappa shape index (κ1) is 22.5. The Morgan fingerprint density at radius 2 is 1.94 bits per heavy atom. The molecular weight excluding hydrogens is 413 g/mol. The van der Waals surface area contributed by atoms with Gasteiger partial charge in [0.15, 0.2) is 0 Å². The molecule has 0 unspecified atom stereocenters. The minimum absolute atomic E-state index is 0.000331. The molecule has 1 aliphatic carbocycles. The van der Waals surface area contributed by atoms with Crippen molar-refractivity contribution in [2.45, 2.75) is 46.3 Å². The molecular formula is C21H23F3N4O3. The number of carbonyl (C=O) groups excluding carboxylic acids is 1. The van der Waals surface area contributed by atoms with E-state index in [1.807, 2.05) is 10.9 Å². The smallest absolute Gasteiger partial charge is 0.475 e. The first-order valence-electron chi connectivity index (χ1n) is 9.73. The lowest BCUT2D eigenvalue weighted by Crippen LogP contribution is -2.36. The maximum Gasteiger partial charge on any atom is 0.490 e. The van der Waals surface area contributed by atoms with E-state index in [2.05, 4.69) is 49.3 Å². The van der Waals surface area contributed by atoms with Crippen LogP contribution < -0.4 is 5.32 Å². The number of carboxylic acid groups (broad SMARTS) is 1. The predicted molar refractivity (Wildman–Crippen MR) is 107 cm³/mol. The summed E-state index contributed by atoms with van der Waals surface area (Å²) >= 11 is 0. The van der Waals surface area contributed by atoms with Gasteiger partial charge in [-0.1, -0.05) is 26.8 Å². The molecule has 0 bridgehead atoms. The summed E-state index contributed by atoms with van der Waals surface area (Å²) in [5.41, 5.74) is 6.17. The van der Waals surface area contributed by atoms with E-state index in [1.165, 1.54) is 5.56 Å². The van der Waals surface area contributed by atoms with Crippen LogP contribution in [-0.4, -0.2) is 44.5 Å². The van der Waals surface area contributed by atoms with Gasteiger partial charge in [0.05, 0.1) is 17.9 Å². The summed E-state index contributed by atoms with van der Waals surface area (Å²) in [6.07, 6.45) is 2.86. The van der Waals surface area contributed by atoms with Gasteiger partial charge in [0.25, 0.3) is 5.91 Å². The number of fused-ring (bicyclic) bond motifs is 5. The average molecular weight is 436 g/mol. The van der Waals surface area contributed by atoms with Crippen LogP contribution in [0.1, 0.15) is 48.1 Å². The first-order chi connectivity index (χ1) is 14.4. The van der Waals surface area contributed by atoms with Crippen molar-refractivity contribution in [2.75, 3.05) is 6.54 Å². The Bertz CT molecular complexity index is 1050. The van der Waals surface area contributed by atoms with Crippen LogP contribution in [0.3, 0.4) is 0 Å². The molecule has 2 aliphatic rings. The zero-order valence-electron chi connectivity index (χ0n) is 17.4. The number of halogens is 3. The number of alkyl halides is 3. The van der Waals surface area contributed by atoms with E-state index in [4.69, 9.17) is 15.0 Å². The number of aliphatic carboxylic acids is 1. The van der Waals surface area contributed by atoms with Crippen LogP contribution in [0.25, 0.3) is 17.3 Å². The van der Waals surface area contributed by atoms with E-state index in [-0.39, 0.29) is 11.3 Å². The topological polar surface area (TPSA) is 97.1 Å². The summed E-state index contributed by atoms with van der Waals surface area (Å²) in [7, 11) is 0. The molecule has 0 fully saturated rings. The minimum atomic E-state index is -5.08. The van der Waals surface area contributed by atoms with Crippen LogP contribution in [0.2, 0.25) is 0 Å². The third-order valence-corrected chi connectivity index (χ3v) is 4.78. The van der Waals surface area contributed by atoms with Gasteiger partial charge in [0.1, 0.15) is 5.69 Å². The van der Waals surface area contributed by atoms with Gasteiger partial charge in [-0.15, -0.1) is 0 Å². The molecule has 0 aromatic carbocycles. The molecule has 31 heavy (non-hydrogen) atoms. The number of rotatable bonds is 1. The molecule has 7 nitrogen and oxygen atoms in total. The first-order valence-corrected chi connectivity index (χ1v) is 9.73. The van der Waals surface area contributed by atoms with Gasteiger partial charge in [-0.25, -0.2) is 4.79 Å². The highest BCUT2D eigenvalue weighted by Gasteiger charge is 2.38. The molecule has 10 heteroatoms. The third-order valence-electron chi connectivity index (χ3n) is 4.78. The van der Waals surface area contributed by atoms with Crippen molar-refractivity contribution in [2.24, 2.45) is 5.41 Å². The van der Waals surface area contributed by atoms with Crippen LogP contribution in [0.5, 0.6) is 0 Å². The van der Waals surface area contributed by atoms with Crippen LogP contribution in [0, 0.1) is 5.41 Å². The Morgan fingerprint density at radius 3 is 2.55 bits per heavy atom. The molecule has 4 rings (SSSR count). The van der Waals surface area contributed by atoms with Gasteiger partial charge in [-0.05, 0) is 36.0 Å². The number of carbonyl (C=O) groups is 2. The quantitative estimate of drug-likeness (QED) is 0.714. The van der Waals surface area contributed by atoms with Crippen LogP contribution in [-0.2, 0) is 24.2 Å². The van der Waals surface area contributed by atoms with Crippen molar-refractivity contribution in [3.8, 4) is 11.3 Å². The van der Waals surface area contributed by atoms with Crippen molar-refractivity contribution >= 4 is 18.0 Å². The molecule has 0 saturated carbocycles. The summed E-state index contributed by atoms with van der Waals surface area (Å²) < 4.78 is 33.6. The van der Waals surface area contributed by atoms with Gasteiger partial charge < -0.3 is 10.4 Å². The SMILES string of the molecule is CC(C)(C)/C=C/c1cc2c(cn1)CCc1c-2nn2c1C(=O)NCC2.O=C(O)C(F)(F)F. The molecule has 0 saturated heterocycles. The van der Waals surface area contributed by atoms with Crippen molar-refractivity contribution in [1.29, 1.82) is 0 Å². The predicted octanol–water partition coefficient (Wildman–Crippen LogP) is 3.48. The molecule has 0 atom stereocenters. The number of aromatic nitrogens is 3. The Balaban J connectivity index is 0.000000339. The highest BCUT2D eigenvalue weighted by molar-refractivity contribution is 5.97. The second kappa shape index (κ2) is 8.16. The van der Waals surface area contributed by atoms with E-state index < -0.39 is 12.1 Å². The normalized spacial score (nSPS) is 15.4. The summed E-state index contributed by atoms with van der Waals surface area (Å²) in [4.78, 5) is 25.7.